The number of benzene rings is 1. The Balaban J connectivity index is 1.32. The Kier molecular flexibility index (Phi) is 5.45. The number of rotatable bonds is 3. The summed E-state index contributed by atoms with van der Waals surface area (Å²) in [4.78, 5) is 29.7. The minimum Gasteiger partial charge on any atom is -0.341 e. The number of hydrogen-bond donors (Lipinski definition) is 1. The molecule has 4 heterocycles. The summed E-state index contributed by atoms with van der Waals surface area (Å²) in [7, 11) is 1.84. The molecule has 2 aliphatic rings. The summed E-state index contributed by atoms with van der Waals surface area (Å²) in [6.45, 7) is 8.44. The van der Waals surface area contributed by atoms with Crippen molar-refractivity contribution in [2.75, 3.05) is 30.4 Å². The maximum Gasteiger partial charge on any atom is 0.266 e. The predicted octanol–water partition coefficient (Wildman–Crippen LogP) is 4.37. The van der Waals surface area contributed by atoms with Gasteiger partial charge < -0.3 is 15.1 Å². The van der Waals surface area contributed by atoms with E-state index in [0.29, 0.717) is 10.7 Å². The van der Waals surface area contributed by atoms with Crippen molar-refractivity contribution in [2.24, 2.45) is 5.41 Å². The van der Waals surface area contributed by atoms with Crippen molar-refractivity contribution < 1.29 is 9.59 Å². The fourth-order valence-electron chi connectivity index (χ4n) is 4.14. The molecule has 2 amide bonds. The fourth-order valence-corrected chi connectivity index (χ4v) is 4.87. The minimum absolute atomic E-state index is 0.0744. The van der Waals surface area contributed by atoms with Crippen LogP contribution < -0.4 is 10.2 Å². The van der Waals surface area contributed by atoms with Crippen molar-refractivity contribution in [1.29, 1.82) is 0 Å². The third kappa shape index (κ3) is 4.31. The smallest absolute Gasteiger partial charge is 0.266 e. The highest BCUT2D eigenvalue weighted by molar-refractivity contribution is 7.12. The van der Waals surface area contributed by atoms with Gasteiger partial charge >= 0.3 is 0 Å². The zero-order valence-corrected chi connectivity index (χ0v) is 20.6. The number of fused-ring (bicyclic) bond motifs is 2. The summed E-state index contributed by atoms with van der Waals surface area (Å²) in [6.07, 6.45) is 0.850. The van der Waals surface area contributed by atoms with Gasteiger partial charge in [-0.25, -0.2) is 4.68 Å². The van der Waals surface area contributed by atoms with Gasteiger partial charge in [-0.1, -0.05) is 11.8 Å². The van der Waals surface area contributed by atoms with Crippen molar-refractivity contribution in [3.8, 4) is 11.8 Å². The summed E-state index contributed by atoms with van der Waals surface area (Å²) in [5.74, 6) is 7.67. The summed E-state index contributed by atoms with van der Waals surface area (Å²) < 4.78 is 1.91. The van der Waals surface area contributed by atoms with Crippen molar-refractivity contribution in [3.05, 3.63) is 57.3 Å². The molecule has 174 valence electrons. The van der Waals surface area contributed by atoms with Gasteiger partial charge in [-0.3, -0.25) is 9.59 Å². The number of likely N-dealkylation sites (N-methyl/N-ethyl adjacent to an activating group) is 1. The van der Waals surface area contributed by atoms with Gasteiger partial charge in [-0.2, -0.15) is 5.10 Å². The lowest BCUT2D eigenvalue weighted by Gasteiger charge is -2.26. The van der Waals surface area contributed by atoms with Gasteiger partial charge in [0.1, 0.15) is 5.82 Å². The molecular weight excluding hydrogens is 446 g/mol. The number of nitrogens with zero attached hydrogens (tertiary/aromatic N) is 4. The van der Waals surface area contributed by atoms with Crippen molar-refractivity contribution in [2.45, 2.75) is 33.7 Å². The third-order valence-corrected chi connectivity index (χ3v) is 6.84. The van der Waals surface area contributed by atoms with Gasteiger partial charge in [0.25, 0.3) is 11.8 Å². The molecule has 1 N–H and O–H groups in total. The Morgan fingerprint density at radius 1 is 1.15 bits per heavy atom. The van der Waals surface area contributed by atoms with E-state index in [1.54, 1.807) is 4.90 Å². The van der Waals surface area contributed by atoms with Crippen LogP contribution in [-0.2, 0) is 13.0 Å². The molecule has 0 radical (unpaired) electrons. The van der Waals surface area contributed by atoms with Gasteiger partial charge in [0.2, 0.25) is 0 Å². The number of aromatic nitrogens is 2. The quantitative estimate of drug-likeness (QED) is 0.574. The first kappa shape index (κ1) is 22.2. The second-order valence-electron chi connectivity index (χ2n) is 9.73. The highest BCUT2D eigenvalue weighted by Crippen LogP contribution is 2.34. The molecule has 0 saturated heterocycles. The van der Waals surface area contributed by atoms with Crippen molar-refractivity contribution in [1.82, 2.24) is 14.7 Å². The molecule has 0 bridgehead atoms. The summed E-state index contributed by atoms with van der Waals surface area (Å²) in [5, 5.41) is 9.40. The third-order valence-electron chi connectivity index (χ3n) is 5.91. The van der Waals surface area contributed by atoms with E-state index in [1.807, 2.05) is 41.4 Å². The summed E-state index contributed by atoms with van der Waals surface area (Å²) in [6, 6.07) is 9.73. The van der Waals surface area contributed by atoms with Crippen LogP contribution in [0.3, 0.4) is 0 Å². The molecule has 0 saturated carbocycles. The maximum atomic E-state index is 12.8. The van der Waals surface area contributed by atoms with Crippen LogP contribution in [0.25, 0.3) is 0 Å². The van der Waals surface area contributed by atoms with E-state index in [0.717, 1.165) is 54.3 Å². The van der Waals surface area contributed by atoms with E-state index >= 15 is 0 Å². The molecule has 2 aromatic heterocycles. The lowest BCUT2D eigenvalue weighted by Crippen LogP contribution is -2.34. The largest absolute Gasteiger partial charge is 0.341 e. The van der Waals surface area contributed by atoms with Crippen LogP contribution in [0.4, 0.5) is 17.3 Å². The molecular formula is C26H27N5O2S. The number of hydrogen-bond acceptors (Lipinski definition) is 5. The molecule has 8 heteroatoms. The van der Waals surface area contributed by atoms with Gasteiger partial charge in [0, 0.05) is 53.8 Å². The summed E-state index contributed by atoms with van der Waals surface area (Å²) >= 11 is 1.38. The Hall–Kier alpha value is -3.57. The standard InChI is InChI=1S/C26H27N5O2S/c1-26(2,3)9-7-17-13-21(34-16-17)24(32)27-22-15-23-30(11-12-31(23)28-22)19-5-6-20-18(14-19)8-10-29(4)25(20)33/h5-6,13-16H,8,10-12H2,1-4H3,(H,27,28,32). The van der Waals surface area contributed by atoms with E-state index in [4.69, 9.17) is 0 Å². The average molecular weight is 474 g/mol. The molecule has 3 aromatic rings. The van der Waals surface area contributed by atoms with E-state index in [9.17, 15) is 9.59 Å². The number of nitrogens with one attached hydrogen (secondary N) is 1. The first-order chi connectivity index (χ1) is 16.2. The molecule has 0 fully saturated rings. The molecule has 7 nitrogen and oxygen atoms in total. The number of carbonyl (C=O) groups is 2. The number of anilines is 3. The normalized spacial score (nSPS) is 15.0. The van der Waals surface area contributed by atoms with Gasteiger partial charge in [-0.05, 0) is 57.0 Å². The zero-order chi connectivity index (χ0) is 24.0. The number of carbonyl (C=O) groups excluding carboxylic acids is 2. The van der Waals surface area contributed by atoms with Crippen LogP contribution >= 0.6 is 11.3 Å². The number of thiophene rings is 1. The van der Waals surface area contributed by atoms with E-state index in [-0.39, 0.29) is 17.2 Å². The van der Waals surface area contributed by atoms with Crippen LogP contribution in [0.1, 0.15) is 51.9 Å². The molecule has 0 unspecified atom stereocenters. The highest BCUT2D eigenvalue weighted by Gasteiger charge is 2.27. The second-order valence-corrected chi connectivity index (χ2v) is 10.6. The Bertz CT molecular complexity index is 1350. The summed E-state index contributed by atoms with van der Waals surface area (Å²) in [5.41, 5.74) is 3.65. The molecule has 0 aliphatic carbocycles. The molecule has 5 rings (SSSR count). The number of amides is 2. The van der Waals surface area contributed by atoms with Crippen molar-refractivity contribution in [3.63, 3.8) is 0 Å². The monoisotopic (exact) mass is 473 g/mol. The lowest BCUT2D eigenvalue weighted by molar-refractivity contribution is 0.0780. The van der Waals surface area contributed by atoms with E-state index < -0.39 is 0 Å². The van der Waals surface area contributed by atoms with Gasteiger partial charge in [0.15, 0.2) is 5.82 Å². The lowest BCUT2D eigenvalue weighted by atomic mass is 9.98. The first-order valence-electron chi connectivity index (χ1n) is 11.3. The van der Waals surface area contributed by atoms with Gasteiger partial charge in [-0.15, -0.1) is 11.3 Å². The predicted molar refractivity (Wildman–Crippen MR) is 135 cm³/mol. The second kappa shape index (κ2) is 8.33. The zero-order valence-electron chi connectivity index (χ0n) is 19.8. The SMILES string of the molecule is CN1CCc2cc(N3CCn4nc(NC(=O)c5cc(C#CC(C)(C)C)cs5)cc43)ccc2C1=O. The molecule has 34 heavy (non-hydrogen) atoms. The van der Waals surface area contributed by atoms with Crippen LogP contribution in [-0.4, -0.2) is 46.6 Å². The Morgan fingerprint density at radius 3 is 2.76 bits per heavy atom. The fraction of sp³-hybridized carbons (Fsp3) is 0.346. The minimum atomic E-state index is -0.187. The molecule has 0 atom stereocenters. The Labute approximate surface area is 203 Å². The van der Waals surface area contributed by atoms with Crippen LogP contribution in [0, 0.1) is 17.3 Å². The average Bonchev–Trinajstić information content (AvgIpc) is 3.50. The van der Waals surface area contributed by atoms with Crippen molar-refractivity contribution >= 4 is 40.5 Å². The highest BCUT2D eigenvalue weighted by atomic mass is 32.1. The Morgan fingerprint density at radius 2 is 1.97 bits per heavy atom. The van der Waals surface area contributed by atoms with E-state index in [2.05, 4.69) is 54.0 Å². The van der Waals surface area contributed by atoms with E-state index in [1.165, 1.54) is 11.3 Å². The first-order valence-corrected chi connectivity index (χ1v) is 12.2. The molecule has 0 spiro atoms. The molecule has 2 aliphatic heterocycles. The van der Waals surface area contributed by atoms with Crippen LogP contribution in [0.15, 0.2) is 35.7 Å². The maximum absolute atomic E-state index is 12.8. The van der Waals surface area contributed by atoms with Crippen LogP contribution in [0.5, 0.6) is 0 Å². The molecule has 1 aromatic carbocycles. The van der Waals surface area contributed by atoms with Gasteiger partial charge in [0.05, 0.1) is 11.4 Å². The topological polar surface area (TPSA) is 70.5 Å². The van der Waals surface area contributed by atoms with Crippen LogP contribution in [0.2, 0.25) is 0 Å².